The quantitative estimate of drug-likeness (QED) is 0.868. The van der Waals surface area contributed by atoms with Gasteiger partial charge in [-0.2, -0.15) is 13.2 Å². The van der Waals surface area contributed by atoms with E-state index in [1.807, 2.05) is 11.9 Å². The van der Waals surface area contributed by atoms with Gasteiger partial charge in [0, 0.05) is 13.1 Å². The minimum atomic E-state index is -4.71. The number of halogens is 4. The van der Waals surface area contributed by atoms with Gasteiger partial charge >= 0.3 is 6.18 Å². The van der Waals surface area contributed by atoms with Gasteiger partial charge in [0.2, 0.25) is 0 Å². The lowest BCUT2D eigenvalue weighted by Gasteiger charge is -2.35. The number of morpholine rings is 1. The van der Waals surface area contributed by atoms with Crippen LogP contribution in [0.2, 0.25) is 0 Å². The Balaban J connectivity index is 2.30. The van der Waals surface area contributed by atoms with E-state index >= 15 is 0 Å². The number of ether oxygens (including phenoxy) is 1. The molecule has 1 aliphatic heterocycles. The molecule has 1 N–H and O–H groups in total. The van der Waals surface area contributed by atoms with Crippen LogP contribution in [0.1, 0.15) is 17.2 Å². The summed E-state index contributed by atoms with van der Waals surface area (Å²) in [7, 11) is 3.58. The van der Waals surface area contributed by atoms with Gasteiger partial charge in [0.1, 0.15) is 5.82 Å². The van der Waals surface area contributed by atoms with Crippen LogP contribution in [0.4, 0.5) is 17.6 Å². The normalized spacial score (nSPS) is 22.3. The first-order chi connectivity index (χ1) is 9.82. The van der Waals surface area contributed by atoms with Gasteiger partial charge in [0.05, 0.1) is 24.3 Å². The Morgan fingerprint density at radius 2 is 2.10 bits per heavy atom. The Morgan fingerprint density at radius 3 is 2.67 bits per heavy atom. The standard InChI is InChI=1S/C14H18F4N2O/c1-19-13(12-8-20(2)5-6-21-12)9-3-4-11(15)10(7-9)14(16,17)18/h3-4,7,12-13,19H,5-6,8H2,1-2H3. The Kier molecular flexibility index (Phi) is 4.85. The summed E-state index contributed by atoms with van der Waals surface area (Å²) in [4.78, 5) is 2.05. The molecule has 1 saturated heterocycles. The molecule has 0 radical (unpaired) electrons. The number of nitrogens with zero attached hydrogens (tertiary/aromatic N) is 1. The fraction of sp³-hybridized carbons (Fsp3) is 0.571. The van der Waals surface area contributed by atoms with Crippen LogP contribution in [0.25, 0.3) is 0 Å². The lowest BCUT2D eigenvalue weighted by molar-refractivity contribution is -0.140. The van der Waals surface area contributed by atoms with E-state index in [2.05, 4.69) is 5.32 Å². The van der Waals surface area contributed by atoms with Crippen LogP contribution < -0.4 is 5.32 Å². The van der Waals surface area contributed by atoms with Crippen LogP contribution in [-0.2, 0) is 10.9 Å². The van der Waals surface area contributed by atoms with Gasteiger partial charge in [-0.25, -0.2) is 4.39 Å². The molecule has 118 valence electrons. The van der Waals surface area contributed by atoms with Crippen molar-refractivity contribution in [3.63, 3.8) is 0 Å². The average Bonchev–Trinajstić information content (AvgIpc) is 2.40. The summed E-state index contributed by atoms with van der Waals surface area (Å²) in [6.07, 6.45) is -4.98. The molecule has 7 heteroatoms. The van der Waals surface area contributed by atoms with Crippen LogP contribution in [0.5, 0.6) is 0 Å². The predicted molar refractivity (Wildman–Crippen MR) is 70.4 cm³/mol. The van der Waals surface area contributed by atoms with Gasteiger partial charge < -0.3 is 15.0 Å². The molecule has 1 aromatic carbocycles. The van der Waals surface area contributed by atoms with Gasteiger partial charge in [-0.1, -0.05) is 6.07 Å². The van der Waals surface area contributed by atoms with Crippen LogP contribution >= 0.6 is 0 Å². The highest BCUT2D eigenvalue weighted by Crippen LogP contribution is 2.34. The van der Waals surface area contributed by atoms with Crippen LogP contribution in [0.3, 0.4) is 0 Å². The zero-order chi connectivity index (χ0) is 15.6. The van der Waals surface area contributed by atoms with Crippen molar-refractivity contribution in [1.82, 2.24) is 10.2 Å². The van der Waals surface area contributed by atoms with E-state index < -0.39 is 23.6 Å². The maximum atomic E-state index is 13.4. The minimum Gasteiger partial charge on any atom is -0.374 e. The van der Waals surface area contributed by atoms with E-state index in [-0.39, 0.29) is 6.10 Å². The Labute approximate surface area is 120 Å². The average molecular weight is 306 g/mol. The van der Waals surface area contributed by atoms with E-state index in [4.69, 9.17) is 4.74 Å². The molecule has 2 atom stereocenters. The topological polar surface area (TPSA) is 24.5 Å². The molecule has 1 aromatic rings. The van der Waals surface area contributed by atoms with Crippen molar-refractivity contribution in [2.24, 2.45) is 0 Å². The molecule has 2 unspecified atom stereocenters. The summed E-state index contributed by atoms with van der Waals surface area (Å²) in [5.41, 5.74) is -0.879. The number of likely N-dealkylation sites (N-methyl/N-ethyl adjacent to an activating group) is 2. The number of hydrogen-bond acceptors (Lipinski definition) is 3. The fourth-order valence-electron chi connectivity index (χ4n) is 2.53. The number of alkyl halides is 3. The third-order valence-corrected chi connectivity index (χ3v) is 3.63. The summed E-state index contributed by atoms with van der Waals surface area (Å²) in [5.74, 6) is -1.26. The molecular weight excluding hydrogens is 288 g/mol. The molecule has 0 bridgehead atoms. The summed E-state index contributed by atoms with van der Waals surface area (Å²) in [6.45, 7) is 1.90. The number of rotatable bonds is 3. The zero-order valence-electron chi connectivity index (χ0n) is 11.9. The molecule has 1 heterocycles. The summed E-state index contributed by atoms with van der Waals surface area (Å²) in [6, 6.07) is 2.65. The molecule has 3 nitrogen and oxygen atoms in total. The second kappa shape index (κ2) is 6.29. The molecule has 1 fully saturated rings. The van der Waals surface area contributed by atoms with E-state index in [1.165, 1.54) is 6.07 Å². The van der Waals surface area contributed by atoms with E-state index in [0.717, 1.165) is 18.7 Å². The monoisotopic (exact) mass is 306 g/mol. The molecular formula is C14H18F4N2O. The van der Waals surface area contributed by atoms with Crippen LogP contribution in [0, 0.1) is 5.82 Å². The van der Waals surface area contributed by atoms with Crippen molar-refractivity contribution in [3.8, 4) is 0 Å². The predicted octanol–water partition coefficient (Wildman–Crippen LogP) is 2.44. The number of benzene rings is 1. The molecule has 1 aliphatic rings. The number of nitrogens with one attached hydrogen (secondary N) is 1. The van der Waals surface area contributed by atoms with Crippen molar-refractivity contribution < 1.29 is 22.3 Å². The van der Waals surface area contributed by atoms with E-state index in [0.29, 0.717) is 18.7 Å². The second-order valence-corrected chi connectivity index (χ2v) is 5.17. The number of hydrogen-bond donors (Lipinski definition) is 1. The highest BCUT2D eigenvalue weighted by molar-refractivity contribution is 5.30. The molecule has 2 rings (SSSR count). The molecule has 21 heavy (non-hydrogen) atoms. The molecule has 0 amide bonds. The van der Waals surface area contributed by atoms with Crippen molar-refractivity contribution in [3.05, 3.63) is 35.1 Å². The zero-order valence-corrected chi connectivity index (χ0v) is 11.9. The maximum absolute atomic E-state index is 13.4. The van der Waals surface area contributed by atoms with Crippen LogP contribution in [-0.4, -0.2) is 44.8 Å². The van der Waals surface area contributed by atoms with Crippen molar-refractivity contribution in [2.75, 3.05) is 33.8 Å². The van der Waals surface area contributed by atoms with Crippen molar-refractivity contribution >= 4 is 0 Å². The fourth-order valence-corrected chi connectivity index (χ4v) is 2.53. The SMILES string of the molecule is CNC(c1ccc(F)c(C(F)(F)F)c1)C1CN(C)CCO1. The highest BCUT2D eigenvalue weighted by Gasteiger charge is 2.36. The molecule has 0 aliphatic carbocycles. The van der Waals surface area contributed by atoms with Crippen molar-refractivity contribution in [2.45, 2.75) is 18.3 Å². The van der Waals surface area contributed by atoms with E-state index in [9.17, 15) is 17.6 Å². The van der Waals surface area contributed by atoms with Gasteiger partial charge in [0.25, 0.3) is 0 Å². The smallest absolute Gasteiger partial charge is 0.374 e. The Morgan fingerprint density at radius 1 is 1.38 bits per heavy atom. The highest BCUT2D eigenvalue weighted by atomic mass is 19.4. The van der Waals surface area contributed by atoms with E-state index in [1.54, 1.807) is 7.05 Å². The summed E-state index contributed by atoms with van der Waals surface area (Å²) >= 11 is 0. The lowest BCUT2D eigenvalue weighted by Crippen LogP contribution is -2.46. The Hall–Kier alpha value is -1.18. The van der Waals surface area contributed by atoms with Gasteiger partial charge in [-0.3, -0.25) is 0 Å². The van der Waals surface area contributed by atoms with Gasteiger partial charge in [-0.05, 0) is 31.8 Å². The van der Waals surface area contributed by atoms with Gasteiger partial charge in [0.15, 0.2) is 0 Å². The molecule has 0 saturated carbocycles. The molecule has 0 aromatic heterocycles. The Bertz CT molecular complexity index is 492. The first kappa shape index (κ1) is 16.2. The second-order valence-electron chi connectivity index (χ2n) is 5.17. The lowest BCUT2D eigenvalue weighted by atomic mass is 9.98. The van der Waals surface area contributed by atoms with Crippen LogP contribution in [0.15, 0.2) is 18.2 Å². The first-order valence-electron chi connectivity index (χ1n) is 6.67. The summed E-state index contributed by atoms with van der Waals surface area (Å²) < 4.78 is 57.4. The van der Waals surface area contributed by atoms with Crippen molar-refractivity contribution in [1.29, 1.82) is 0 Å². The largest absolute Gasteiger partial charge is 0.419 e. The third kappa shape index (κ3) is 3.72. The summed E-state index contributed by atoms with van der Waals surface area (Å²) in [5, 5.41) is 2.97. The maximum Gasteiger partial charge on any atom is 0.419 e. The molecule has 0 spiro atoms. The minimum absolute atomic E-state index is 0.278. The van der Waals surface area contributed by atoms with Gasteiger partial charge in [-0.15, -0.1) is 0 Å². The first-order valence-corrected chi connectivity index (χ1v) is 6.67. The third-order valence-electron chi connectivity index (χ3n) is 3.63.